The van der Waals surface area contributed by atoms with Gasteiger partial charge in [-0.15, -0.1) is 0 Å². The molecule has 0 fully saturated rings. The molecular weight excluding hydrogens is 382 g/mol. The van der Waals surface area contributed by atoms with Crippen LogP contribution in [0.2, 0.25) is 0 Å². The fourth-order valence-electron chi connectivity index (χ4n) is 2.49. The molecule has 0 aliphatic carbocycles. The number of ether oxygens (including phenoxy) is 1. The first-order valence-electron chi connectivity index (χ1n) is 8.75. The average molecular weight is 403 g/mol. The fourth-order valence-corrected chi connectivity index (χ4v) is 2.49. The van der Waals surface area contributed by atoms with Crippen LogP contribution in [0.25, 0.3) is 0 Å². The molecule has 0 bridgehead atoms. The summed E-state index contributed by atoms with van der Waals surface area (Å²) in [5.41, 5.74) is 0.255. The van der Waals surface area contributed by atoms with Crippen LogP contribution in [-0.2, 0) is 14.3 Å². The number of para-hydroxylation sites is 1. The Morgan fingerprint density at radius 1 is 1.21 bits per heavy atom. The van der Waals surface area contributed by atoms with Gasteiger partial charge in [0, 0.05) is 6.07 Å². The van der Waals surface area contributed by atoms with Gasteiger partial charge < -0.3 is 19.8 Å². The molecule has 0 aliphatic rings. The molecule has 10 nitrogen and oxygen atoms in total. The van der Waals surface area contributed by atoms with Gasteiger partial charge in [-0.1, -0.05) is 26.0 Å². The number of hydrogen-bond acceptors (Lipinski definition) is 7. The number of nitrogens with zero attached hydrogens (tertiary/aromatic N) is 1. The molecule has 1 aromatic carbocycles. The average Bonchev–Trinajstić information content (AvgIpc) is 3.20. The third-order valence-electron chi connectivity index (χ3n) is 4.01. The van der Waals surface area contributed by atoms with Crippen molar-refractivity contribution in [3.8, 4) is 0 Å². The van der Waals surface area contributed by atoms with Crippen molar-refractivity contribution < 1.29 is 28.5 Å². The zero-order valence-electron chi connectivity index (χ0n) is 16.1. The Labute approximate surface area is 166 Å². The van der Waals surface area contributed by atoms with Crippen molar-refractivity contribution in [3.05, 3.63) is 58.0 Å². The Kier molecular flexibility index (Phi) is 7.07. The van der Waals surface area contributed by atoms with Crippen molar-refractivity contribution >= 4 is 29.2 Å². The lowest BCUT2D eigenvalue weighted by Gasteiger charge is -2.20. The normalized spacial score (nSPS) is 11.6. The lowest BCUT2D eigenvalue weighted by atomic mass is 10.0. The van der Waals surface area contributed by atoms with Crippen molar-refractivity contribution in [2.75, 3.05) is 11.9 Å². The van der Waals surface area contributed by atoms with Crippen LogP contribution >= 0.6 is 0 Å². The molecule has 2 amide bonds. The Morgan fingerprint density at radius 2 is 1.93 bits per heavy atom. The van der Waals surface area contributed by atoms with Crippen LogP contribution < -0.4 is 10.6 Å². The molecule has 29 heavy (non-hydrogen) atoms. The lowest BCUT2D eigenvalue weighted by molar-refractivity contribution is -0.384. The highest BCUT2D eigenvalue weighted by molar-refractivity contribution is 5.97. The highest BCUT2D eigenvalue weighted by Crippen LogP contribution is 2.27. The molecule has 154 valence electrons. The Balaban J connectivity index is 1.99. The molecule has 0 radical (unpaired) electrons. The maximum Gasteiger partial charge on any atom is 0.329 e. The van der Waals surface area contributed by atoms with Gasteiger partial charge in [0.1, 0.15) is 11.7 Å². The van der Waals surface area contributed by atoms with E-state index in [1.165, 1.54) is 30.5 Å². The number of carbonyl (C=O) groups excluding carboxylic acids is 3. The first-order valence-corrected chi connectivity index (χ1v) is 8.75. The minimum atomic E-state index is -1.01. The predicted octanol–water partition coefficient (Wildman–Crippen LogP) is 2.43. The summed E-state index contributed by atoms with van der Waals surface area (Å²) in [4.78, 5) is 47.0. The van der Waals surface area contributed by atoms with E-state index in [0.29, 0.717) is 5.56 Å². The van der Waals surface area contributed by atoms with Crippen molar-refractivity contribution in [3.63, 3.8) is 0 Å². The third-order valence-corrected chi connectivity index (χ3v) is 4.01. The number of amides is 2. The second-order valence-corrected chi connectivity index (χ2v) is 6.55. The van der Waals surface area contributed by atoms with Crippen LogP contribution in [0.4, 0.5) is 11.4 Å². The number of nitro groups is 1. The van der Waals surface area contributed by atoms with Crippen LogP contribution in [0.15, 0.2) is 41.0 Å². The molecular formula is C19H21N3O7. The zero-order valence-corrected chi connectivity index (χ0v) is 16.1. The summed E-state index contributed by atoms with van der Waals surface area (Å²) in [7, 11) is 0. The van der Waals surface area contributed by atoms with Crippen molar-refractivity contribution in [2.45, 2.75) is 26.8 Å². The molecule has 2 rings (SSSR count). The summed E-state index contributed by atoms with van der Waals surface area (Å²) in [5, 5.41) is 16.0. The van der Waals surface area contributed by atoms with Gasteiger partial charge in [-0.05, 0) is 30.5 Å². The van der Waals surface area contributed by atoms with Crippen LogP contribution in [0.5, 0.6) is 0 Å². The minimum absolute atomic E-state index is 0.0325. The van der Waals surface area contributed by atoms with E-state index in [-0.39, 0.29) is 23.1 Å². The molecule has 0 aliphatic heterocycles. The van der Waals surface area contributed by atoms with E-state index < -0.39 is 35.4 Å². The summed E-state index contributed by atoms with van der Waals surface area (Å²) in [6, 6.07) is 6.33. The fraction of sp³-hybridized carbons (Fsp3) is 0.316. The SMILES string of the molecule is Cc1cccc([N+](=O)[O-])c1NC(=O)COC(=O)[C@@H](NC(=O)c1ccco1)C(C)C. The lowest BCUT2D eigenvalue weighted by Crippen LogP contribution is -2.45. The molecule has 1 heterocycles. The van der Waals surface area contributed by atoms with Gasteiger partial charge >= 0.3 is 5.97 Å². The Morgan fingerprint density at radius 3 is 2.52 bits per heavy atom. The number of carbonyl (C=O) groups is 3. The molecule has 10 heteroatoms. The maximum atomic E-state index is 12.3. The minimum Gasteiger partial charge on any atom is -0.459 e. The Hall–Kier alpha value is -3.69. The van der Waals surface area contributed by atoms with Gasteiger partial charge in [0.15, 0.2) is 12.4 Å². The van der Waals surface area contributed by atoms with E-state index in [1.807, 2.05) is 0 Å². The van der Waals surface area contributed by atoms with Gasteiger partial charge in [-0.3, -0.25) is 19.7 Å². The van der Waals surface area contributed by atoms with Crippen LogP contribution in [0.3, 0.4) is 0 Å². The highest BCUT2D eigenvalue weighted by atomic mass is 16.6. The molecule has 2 aromatic rings. The largest absolute Gasteiger partial charge is 0.459 e. The monoisotopic (exact) mass is 403 g/mol. The highest BCUT2D eigenvalue weighted by Gasteiger charge is 2.28. The number of rotatable bonds is 8. The number of nitro benzene ring substituents is 1. The van der Waals surface area contributed by atoms with E-state index >= 15 is 0 Å². The third kappa shape index (κ3) is 5.64. The van der Waals surface area contributed by atoms with Crippen molar-refractivity contribution in [2.24, 2.45) is 5.92 Å². The Bertz CT molecular complexity index is 907. The van der Waals surface area contributed by atoms with Gasteiger partial charge in [-0.2, -0.15) is 0 Å². The van der Waals surface area contributed by atoms with Gasteiger partial charge in [0.25, 0.3) is 17.5 Å². The topological polar surface area (TPSA) is 141 Å². The number of aryl methyl sites for hydroxylation is 1. The van der Waals surface area contributed by atoms with Crippen molar-refractivity contribution in [1.82, 2.24) is 5.32 Å². The quantitative estimate of drug-likeness (QED) is 0.392. The van der Waals surface area contributed by atoms with E-state index in [0.717, 1.165) is 0 Å². The van der Waals surface area contributed by atoms with E-state index in [2.05, 4.69) is 10.6 Å². The van der Waals surface area contributed by atoms with Crippen molar-refractivity contribution in [1.29, 1.82) is 0 Å². The van der Waals surface area contributed by atoms with E-state index in [4.69, 9.17) is 9.15 Å². The van der Waals surface area contributed by atoms with E-state index in [9.17, 15) is 24.5 Å². The van der Waals surface area contributed by atoms with Gasteiger partial charge in [0.05, 0.1) is 11.2 Å². The smallest absolute Gasteiger partial charge is 0.329 e. The summed E-state index contributed by atoms with van der Waals surface area (Å²) in [5.74, 6) is -2.43. The number of hydrogen-bond donors (Lipinski definition) is 2. The van der Waals surface area contributed by atoms with E-state index in [1.54, 1.807) is 26.8 Å². The number of furan rings is 1. The molecule has 1 aromatic heterocycles. The summed E-state index contributed by atoms with van der Waals surface area (Å²) < 4.78 is 9.97. The number of nitrogens with one attached hydrogen (secondary N) is 2. The van der Waals surface area contributed by atoms with Crippen LogP contribution in [-0.4, -0.2) is 35.4 Å². The zero-order chi connectivity index (χ0) is 21.6. The first-order chi connectivity index (χ1) is 13.7. The number of benzene rings is 1. The number of anilines is 1. The standard InChI is InChI=1S/C19H21N3O7/c1-11(2)16(21-18(24)14-8-5-9-28-14)19(25)29-10-15(23)20-17-12(3)6-4-7-13(17)22(26)27/h4-9,11,16H,10H2,1-3H3,(H,20,23)(H,21,24)/t16-/m0/s1. The summed E-state index contributed by atoms with van der Waals surface area (Å²) in [6.45, 7) is 4.34. The molecule has 0 saturated carbocycles. The molecule has 0 saturated heterocycles. The molecule has 1 atom stereocenters. The second-order valence-electron chi connectivity index (χ2n) is 6.55. The van der Waals surface area contributed by atoms with Gasteiger partial charge in [0.2, 0.25) is 0 Å². The molecule has 0 spiro atoms. The first kappa shape index (κ1) is 21.6. The molecule has 0 unspecified atom stereocenters. The number of esters is 1. The van der Waals surface area contributed by atoms with Crippen LogP contribution in [0, 0.1) is 23.0 Å². The molecule has 2 N–H and O–H groups in total. The predicted molar refractivity (Wildman–Crippen MR) is 102 cm³/mol. The van der Waals surface area contributed by atoms with Crippen LogP contribution in [0.1, 0.15) is 30.0 Å². The second kappa shape index (κ2) is 9.49. The maximum absolute atomic E-state index is 12.3. The summed E-state index contributed by atoms with van der Waals surface area (Å²) in [6.07, 6.45) is 1.33. The van der Waals surface area contributed by atoms with Gasteiger partial charge in [-0.25, -0.2) is 4.79 Å². The summed E-state index contributed by atoms with van der Waals surface area (Å²) >= 11 is 0.